The highest BCUT2D eigenvalue weighted by atomic mass is 19.1. The molecule has 34 heavy (non-hydrogen) atoms. The molecule has 2 aliphatic heterocycles. The number of fused-ring (bicyclic) bond motifs is 2. The Kier molecular flexibility index (Phi) is 5.06. The van der Waals surface area contributed by atoms with E-state index in [4.69, 9.17) is 9.47 Å². The molecular formula is C26H27FN4O3. The van der Waals surface area contributed by atoms with Crippen molar-refractivity contribution in [3.8, 4) is 17.0 Å². The van der Waals surface area contributed by atoms with Crippen molar-refractivity contribution in [1.82, 2.24) is 15.3 Å². The van der Waals surface area contributed by atoms with Gasteiger partial charge < -0.3 is 25.1 Å². The van der Waals surface area contributed by atoms with Gasteiger partial charge in [0.05, 0.1) is 29.2 Å². The number of hydrogen-bond donors (Lipinski definition) is 3. The smallest absolute Gasteiger partial charge is 0.255 e. The van der Waals surface area contributed by atoms with Crippen LogP contribution in [0.5, 0.6) is 5.75 Å². The van der Waals surface area contributed by atoms with Crippen LogP contribution < -0.4 is 15.4 Å². The number of amides is 1. The van der Waals surface area contributed by atoms with Crippen LogP contribution in [0.3, 0.4) is 0 Å². The molecule has 0 unspecified atom stereocenters. The minimum absolute atomic E-state index is 0.0682. The number of rotatable bonds is 7. The van der Waals surface area contributed by atoms with E-state index in [0.29, 0.717) is 47.8 Å². The van der Waals surface area contributed by atoms with Crippen molar-refractivity contribution in [2.45, 2.75) is 44.1 Å². The lowest BCUT2D eigenvalue weighted by Crippen LogP contribution is -2.39. The molecule has 0 radical (unpaired) electrons. The maximum atomic E-state index is 14.6. The first-order chi connectivity index (χ1) is 16.6. The number of pyridine rings is 1. The molecule has 1 saturated heterocycles. The first kappa shape index (κ1) is 21.2. The SMILES string of the molecule is CCc1c(F)cccc1Nc1c(-c2ccncc2OC[C@@H]2CCO2)[nH]c2c1C(=O)NCC21CC1. The largest absolute Gasteiger partial charge is 0.489 e. The Balaban J connectivity index is 1.49. The first-order valence-electron chi connectivity index (χ1n) is 11.9. The zero-order valence-electron chi connectivity index (χ0n) is 19.0. The minimum Gasteiger partial charge on any atom is -0.489 e. The van der Waals surface area contributed by atoms with Gasteiger partial charge in [0.1, 0.15) is 18.2 Å². The highest BCUT2D eigenvalue weighted by Gasteiger charge is 2.51. The summed E-state index contributed by atoms with van der Waals surface area (Å²) in [6.45, 7) is 3.74. The molecule has 1 aliphatic carbocycles. The average Bonchev–Trinajstić information content (AvgIpc) is 3.49. The fraction of sp³-hybridized carbons (Fsp3) is 0.385. The highest BCUT2D eigenvalue weighted by molar-refractivity contribution is 6.07. The number of H-pyrrole nitrogens is 1. The molecule has 8 heteroatoms. The van der Waals surface area contributed by atoms with Gasteiger partial charge in [-0.3, -0.25) is 9.78 Å². The Hall–Kier alpha value is -3.39. The van der Waals surface area contributed by atoms with Crippen LogP contribution in [0.25, 0.3) is 11.3 Å². The van der Waals surface area contributed by atoms with Gasteiger partial charge in [-0.25, -0.2) is 4.39 Å². The topological polar surface area (TPSA) is 88.3 Å². The summed E-state index contributed by atoms with van der Waals surface area (Å²) in [7, 11) is 0. The number of nitrogens with zero attached hydrogens (tertiary/aromatic N) is 1. The van der Waals surface area contributed by atoms with E-state index in [9.17, 15) is 9.18 Å². The number of aromatic amines is 1. The van der Waals surface area contributed by atoms with E-state index in [0.717, 1.165) is 42.8 Å². The van der Waals surface area contributed by atoms with E-state index < -0.39 is 0 Å². The van der Waals surface area contributed by atoms with E-state index in [2.05, 4.69) is 20.6 Å². The number of hydrogen-bond acceptors (Lipinski definition) is 5. The number of nitrogens with one attached hydrogen (secondary N) is 3. The second-order valence-corrected chi connectivity index (χ2v) is 9.30. The summed E-state index contributed by atoms with van der Waals surface area (Å²) < 4.78 is 26.2. The third-order valence-electron chi connectivity index (χ3n) is 7.20. The lowest BCUT2D eigenvalue weighted by molar-refractivity contribution is -0.0720. The van der Waals surface area contributed by atoms with E-state index >= 15 is 0 Å². The lowest BCUT2D eigenvalue weighted by Gasteiger charge is -2.26. The van der Waals surface area contributed by atoms with Crippen LogP contribution in [0.1, 0.15) is 47.8 Å². The Labute approximate surface area is 197 Å². The first-order valence-corrected chi connectivity index (χ1v) is 11.9. The summed E-state index contributed by atoms with van der Waals surface area (Å²) in [6, 6.07) is 6.86. The van der Waals surface area contributed by atoms with Gasteiger partial charge in [0.2, 0.25) is 0 Å². The Morgan fingerprint density at radius 2 is 2.18 bits per heavy atom. The number of carbonyl (C=O) groups excluding carboxylic acids is 1. The second-order valence-electron chi connectivity index (χ2n) is 9.30. The highest BCUT2D eigenvalue weighted by Crippen LogP contribution is 2.54. The molecule has 3 aromatic rings. The number of ether oxygens (including phenoxy) is 2. The maximum Gasteiger partial charge on any atom is 0.255 e. The van der Waals surface area contributed by atoms with Gasteiger partial charge in [-0.15, -0.1) is 0 Å². The number of carbonyl (C=O) groups is 1. The van der Waals surface area contributed by atoms with Crippen molar-refractivity contribution < 1.29 is 18.7 Å². The fourth-order valence-electron chi connectivity index (χ4n) is 4.93. The Bertz CT molecular complexity index is 1260. The van der Waals surface area contributed by atoms with Gasteiger partial charge in [0.25, 0.3) is 5.91 Å². The predicted molar refractivity (Wildman–Crippen MR) is 126 cm³/mol. The zero-order chi connectivity index (χ0) is 23.3. The Morgan fingerprint density at radius 1 is 1.32 bits per heavy atom. The fourth-order valence-corrected chi connectivity index (χ4v) is 4.93. The number of anilines is 2. The molecule has 7 nitrogen and oxygen atoms in total. The summed E-state index contributed by atoms with van der Waals surface area (Å²) in [5.41, 5.74) is 4.86. The predicted octanol–water partition coefficient (Wildman–Crippen LogP) is 4.46. The van der Waals surface area contributed by atoms with Crippen LogP contribution in [0.15, 0.2) is 36.7 Å². The molecule has 1 aromatic carbocycles. The van der Waals surface area contributed by atoms with Gasteiger partial charge in [0, 0.05) is 53.7 Å². The second kappa shape index (κ2) is 8.13. The van der Waals surface area contributed by atoms with E-state index in [-0.39, 0.29) is 23.2 Å². The standard InChI is InChI=1S/C26H27FN4O3/c1-2-16-18(27)4-3-5-19(16)30-23-21-24(26(8-9-26)14-29-25(21)32)31-22(23)17-6-10-28-12-20(17)34-13-15-7-11-33-15/h3-6,10,12,15,30-31H,2,7-9,11,13-14H2,1H3,(H,29,32)/t15-/m0/s1. The van der Waals surface area contributed by atoms with Gasteiger partial charge in [-0.2, -0.15) is 0 Å². The third kappa shape index (κ3) is 3.44. The molecule has 2 aromatic heterocycles. The monoisotopic (exact) mass is 462 g/mol. The van der Waals surface area contributed by atoms with Crippen LogP contribution in [-0.2, 0) is 16.6 Å². The summed E-state index contributed by atoms with van der Waals surface area (Å²) in [5, 5.41) is 6.48. The van der Waals surface area contributed by atoms with Crippen molar-refractivity contribution in [3.63, 3.8) is 0 Å². The van der Waals surface area contributed by atoms with Gasteiger partial charge >= 0.3 is 0 Å². The molecule has 3 aliphatic rings. The summed E-state index contributed by atoms with van der Waals surface area (Å²) in [6.07, 6.45) is 7.00. The Morgan fingerprint density at radius 3 is 2.91 bits per heavy atom. The van der Waals surface area contributed by atoms with Crippen LogP contribution >= 0.6 is 0 Å². The van der Waals surface area contributed by atoms with Crippen LogP contribution in [0.4, 0.5) is 15.8 Å². The van der Waals surface area contributed by atoms with E-state index in [1.54, 1.807) is 18.5 Å². The number of aromatic nitrogens is 2. The third-order valence-corrected chi connectivity index (χ3v) is 7.20. The zero-order valence-corrected chi connectivity index (χ0v) is 19.0. The normalized spacial score (nSPS) is 19.8. The summed E-state index contributed by atoms with van der Waals surface area (Å²) >= 11 is 0. The number of halogens is 1. The van der Waals surface area contributed by atoms with E-state index in [1.807, 2.05) is 19.1 Å². The molecule has 3 N–H and O–H groups in total. The van der Waals surface area contributed by atoms with Crippen molar-refractivity contribution >= 4 is 17.3 Å². The van der Waals surface area contributed by atoms with Gasteiger partial charge in [0.15, 0.2) is 0 Å². The van der Waals surface area contributed by atoms with Crippen molar-refractivity contribution in [2.24, 2.45) is 0 Å². The molecule has 1 saturated carbocycles. The maximum absolute atomic E-state index is 14.6. The molecule has 176 valence electrons. The van der Waals surface area contributed by atoms with E-state index in [1.165, 1.54) is 6.07 Å². The molecule has 6 rings (SSSR count). The van der Waals surface area contributed by atoms with Gasteiger partial charge in [-0.1, -0.05) is 13.0 Å². The van der Waals surface area contributed by atoms with Crippen molar-refractivity contribution in [3.05, 3.63) is 59.3 Å². The van der Waals surface area contributed by atoms with Crippen molar-refractivity contribution in [1.29, 1.82) is 0 Å². The lowest BCUT2D eigenvalue weighted by atomic mass is 9.93. The molecule has 1 atom stereocenters. The number of benzene rings is 1. The molecule has 0 bridgehead atoms. The van der Waals surface area contributed by atoms with Crippen LogP contribution in [0, 0.1) is 5.82 Å². The molecule has 1 amide bonds. The quantitative estimate of drug-likeness (QED) is 0.482. The minimum atomic E-state index is -0.269. The molecule has 2 fully saturated rings. The average molecular weight is 463 g/mol. The van der Waals surface area contributed by atoms with Crippen molar-refractivity contribution in [2.75, 3.05) is 25.1 Å². The summed E-state index contributed by atoms with van der Waals surface area (Å²) in [5.74, 6) is 0.209. The van der Waals surface area contributed by atoms with Crippen LogP contribution in [0.2, 0.25) is 0 Å². The van der Waals surface area contributed by atoms with Crippen LogP contribution in [-0.4, -0.2) is 41.7 Å². The molecule has 4 heterocycles. The summed E-state index contributed by atoms with van der Waals surface area (Å²) in [4.78, 5) is 20.9. The molecule has 1 spiro atoms. The molecular weight excluding hydrogens is 435 g/mol. The van der Waals surface area contributed by atoms with Gasteiger partial charge in [-0.05, 0) is 37.5 Å².